The molecular formula is C20H18ClN5O2. The number of hydrogen-bond donors (Lipinski definition) is 2. The highest BCUT2D eigenvalue weighted by atomic mass is 35.5. The molecule has 1 atom stereocenters. The van der Waals surface area contributed by atoms with E-state index in [1.165, 1.54) is 13.3 Å². The zero-order valence-electron chi connectivity index (χ0n) is 15.4. The lowest BCUT2D eigenvalue weighted by Gasteiger charge is -2.15. The molecule has 2 N–H and O–H groups in total. The fraction of sp³-hybridized carbons (Fsp3) is 0.300. The average Bonchev–Trinajstić information content (AvgIpc) is 3.52. The number of hydrogen-bond acceptors (Lipinski definition) is 6. The van der Waals surface area contributed by atoms with Crippen LogP contribution in [0, 0.1) is 11.3 Å². The Balaban J connectivity index is 1.66. The van der Waals surface area contributed by atoms with Gasteiger partial charge in [0.2, 0.25) is 11.8 Å². The maximum Gasteiger partial charge on any atom is 0.253 e. The van der Waals surface area contributed by atoms with Crippen LogP contribution in [0.15, 0.2) is 29.2 Å². The van der Waals surface area contributed by atoms with Crippen LogP contribution in [0.4, 0.5) is 5.95 Å². The zero-order valence-corrected chi connectivity index (χ0v) is 16.2. The van der Waals surface area contributed by atoms with Crippen molar-refractivity contribution in [1.29, 1.82) is 5.26 Å². The molecule has 3 aromatic rings. The molecule has 1 saturated carbocycles. The molecule has 0 amide bonds. The number of nitrogens with one attached hydrogen (secondary N) is 2. The SMILES string of the molecule is COc1nc(NC(C)c2cc3cc(Cl)c(C4CC4)cc3[nH]c2=O)ncc1C#N. The number of rotatable bonds is 5. The fourth-order valence-electron chi connectivity index (χ4n) is 3.23. The Bertz CT molecular complexity index is 1160. The number of methoxy groups -OCH3 is 1. The molecule has 2 heterocycles. The van der Waals surface area contributed by atoms with Crippen LogP contribution in [-0.2, 0) is 0 Å². The number of benzene rings is 1. The van der Waals surface area contributed by atoms with Crippen molar-refractivity contribution < 1.29 is 4.74 Å². The predicted octanol–water partition coefficient (Wildman–Crippen LogP) is 3.90. The van der Waals surface area contributed by atoms with E-state index in [2.05, 4.69) is 20.3 Å². The van der Waals surface area contributed by atoms with Crippen LogP contribution in [0.5, 0.6) is 5.88 Å². The topological polar surface area (TPSA) is 104 Å². The minimum atomic E-state index is -0.368. The van der Waals surface area contributed by atoms with Gasteiger partial charge in [0.15, 0.2) is 0 Å². The van der Waals surface area contributed by atoms with Crippen molar-refractivity contribution in [3.8, 4) is 11.9 Å². The van der Waals surface area contributed by atoms with Gasteiger partial charge in [-0.25, -0.2) is 4.98 Å². The van der Waals surface area contributed by atoms with E-state index in [9.17, 15) is 4.79 Å². The van der Waals surface area contributed by atoms with Gasteiger partial charge in [-0.3, -0.25) is 4.79 Å². The van der Waals surface area contributed by atoms with Gasteiger partial charge in [-0.2, -0.15) is 10.2 Å². The second kappa shape index (κ2) is 7.13. The van der Waals surface area contributed by atoms with Crippen LogP contribution >= 0.6 is 11.6 Å². The lowest BCUT2D eigenvalue weighted by molar-refractivity contribution is 0.396. The van der Waals surface area contributed by atoms with E-state index in [4.69, 9.17) is 21.6 Å². The van der Waals surface area contributed by atoms with Crippen molar-refractivity contribution in [3.05, 3.63) is 56.5 Å². The van der Waals surface area contributed by atoms with Gasteiger partial charge in [0.05, 0.1) is 19.3 Å². The first-order valence-corrected chi connectivity index (χ1v) is 9.32. The first kappa shape index (κ1) is 18.3. The molecule has 0 radical (unpaired) electrons. The van der Waals surface area contributed by atoms with E-state index in [0.29, 0.717) is 11.5 Å². The van der Waals surface area contributed by atoms with Crippen molar-refractivity contribution in [2.24, 2.45) is 0 Å². The molecule has 0 bridgehead atoms. The fourth-order valence-corrected chi connectivity index (χ4v) is 3.56. The van der Waals surface area contributed by atoms with Crippen LogP contribution in [-0.4, -0.2) is 22.1 Å². The maximum absolute atomic E-state index is 12.6. The molecular weight excluding hydrogens is 378 g/mol. The second-order valence-corrected chi connectivity index (χ2v) is 7.29. The van der Waals surface area contributed by atoms with Crippen molar-refractivity contribution >= 4 is 28.5 Å². The molecule has 1 aliphatic rings. The number of aromatic amines is 1. The van der Waals surface area contributed by atoms with Crippen LogP contribution in [0.1, 0.15) is 48.4 Å². The maximum atomic E-state index is 12.6. The zero-order chi connectivity index (χ0) is 19.8. The Morgan fingerprint density at radius 1 is 1.39 bits per heavy atom. The molecule has 1 aromatic carbocycles. The molecule has 142 valence electrons. The second-order valence-electron chi connectivity index (χ2n) is 6.88. The third-order valence-electron chi connectivity index (χ3n) is 4.89. The highest BCUT2D eigenvalue weighted by molar-refractivity contribution is 6.32. The molecule has 1 aliphatic carbocycles. The number of nitrogens with zero attached hydrogens (tertiary/aromatic N) is 3. The molecule has 8 heteroatoms. The number of fused-ring (bicyclic) bond motifs is 1. The van der Waals surface area contributed by atoms with Gasteiger partial charge >= 0.3 is 0 Å². The standard InChI is InChI=1S/C20H18ClN5O2/c1-10(24-20-23-9-13(8-22)19(26-20)28-2)14-5-12-6-16(21)15(11-3-4-11)7-17(12)25-18(14)27/h5-7,9-11H,3-4H2,1-2H3,(H,25,27)(H,23,24,26). The average molecular weight is 396 g/mol. The normalized spacial score (nSPS) is 14.5. The summed E-state index contributed by atoms with van der Waals surface area (Å²) in [7, 11) is 1.43. The van der Waals surface area contributed by atoms with E-state index < -0.39 is 0 Å². The predicted molar refractivity (Wildman–Crippen MR) is 107 cm³/mol. The number of ether oxygens (including phenoxy) is 1. The summed E-state index contributed by atoms with van der Waals surface area (Å²) in [5.74, 6) is 0.952. The Kier molecular flexibility index (Phi) is 4.65. The van der Waals surface area contributed by atoms with Gasteiger partial charge in [0.25, 0.3) is 5.56 Å². The molecule has 28 heavy (non-hydrogen) atoms. The smallest absolute Gasteiger partial charge is 0.253 e. The minimum Gasteiger partial charge on any atom is -0.480 e. The molecule has 1 unspecified atom stereocenters. The lowest BCUT2D eigenvalue weighted by Crippen LogP contribution is -2.20. The number of pyridine rings is 1. The molecule has 0 saturated heterocycles. The Labute approximate surface area is 166 Å². The van der Waals surface area contributed by atoms with E-state index in [-0.39, 0.29) is 29.0 Å². The van der Waals surface area contributed by atoms with Crippen LogP contribution in [0.3, 0.4) is 0 Å². The first-order chi connectivity index (χ1) is 13.5. The van der Waals surface area contributed by atoms with Gasteiger partial charge in [0.1, 0.15) is 11.6 Å². The van der Waals surface area contributed by atoms with Gasteiger partial charge in [-0.15, -0.1) is 0 Å². The van der Waals surface area contributed by atoms with E-state index in [1.807, 2.05) is 31.2 Å². The van der Waals surface area contributed by atoms with Gasteiger partial charge in [-0.05, 0) is 49.4 Å². The summed E-state index contributed by atoms with van der Waals surface area (Å²) < 4.78 is 5.10. The van der Waals surface area contributed by atoms with Gasteiger partial charge in [-0.1, -0.05) is 11.6 Å². The number of anilines is 1. The third-order valence-corrected chi connectivity index (χ3v) is 5.21. The largest absolute Gasteiger partial charge is 0.480 e. The number of H-pyrrole nitrogens is 1. The number of aromatic nitrogens is 3. The highest BCUT2D eigenvalue weighted by Crippen LogP contribution is 2.44. The van der Waals surface area contributed by atoms with E-state index in [1.54, 1.807) is 0 Å². The third kappa shape index (κ3) is 3.39. The van der Waals surface area contributed by atoms with E-state index in [0.717, 1.165) is 34.3 Å². The summed E-state index contributed by atoms with van der Waals surface area (Å²) in [6.07, 6.45) is 3.66. The van der Waals surface area contributed by atoms with Crippen molar-refractivity contribution in [2.75, 3.05) is 12.4 Å². The molecule has 7 nitrogen and oxygen atoms in total. The summed E-state index contributed by atoms with van der Waals surface area (Å²) >= 11 is 6.43. The Morgan fingerprint density at radius 3 is 2.86 bits per heavy atom. The van der Waals surface area contributed by atoms with Crippen LogP contribution < -0.4 is 15.6 Å². The summed E-state index contributed by atoms with van der Waals surface area (Å²) in [6.45, 7) is 1.84. The monoisotopic (exact) mass is 395 g/mol. The van der Waals surface area contributed by atoms with Crippen molar-refractivity contribution in [3.63, 3.8) is 0 Å². The lowest BCUT2D eigenvalue weighted by atomic mass is 10.0. The molecule has 2 aromatic heterocycles. The molecule has 1 fully saturated rings. The van der Waals surface area contributed by atoms with Crippen LogP contribution in [0.25, 0.3) is 10.9 Å². The molecule has 0 spiro atoms. The molecule has 4 rings (SSSR count). The van der Waals surface area contributed by atoms with Crippen molar-refractivity contribution in [2.45, 2.75) is 31.7 Å². The highest BCUT2D eigenvalue weighted by Gasteiger charge is 2.26. The van der Waals surface area contributed by atoms with Crippen molar-refractivity contribution in [1.82, 2.24) is 15.0 Å². The Hall–Kier alpha value is -3.11. The number of halogens is 1. The Morgan fingerprint density at radius 2 is 2.18 bits per heavy atom. The first-order valence-electron chi connectivity index (χ1n) is 8.94. The van der Waals surface area contributed by atoms with E-state index >= 15 is 0 Å². The summed E-state index contributed by atoms with van der Waals surface area (Å²) in [6, 6.07) is 7.31. The quantitative estimate of drug-likeness (QED) is 0.678. The minimum absolute atomic E-state index is 0.180. The van der Waals surface area contributed by atoms with Gasteiger partial charge in [0, 0.05) is 21.5 Å². The number of nitriles is 1. The van der Waals surface area contributed by atoms with Crippen LogP contribution in [0.2, 0.25) is 5.02 Å². The summed E-state index contributed by atoms with van der Waals surface area (Å²) in [4.78, 5) is 23.9. The summed E-state index contributed by atoms with van der Waals surface area (Å²) in [5.41, 5.74) is 2.47. The van der Waals surface area contributed by atoms with Gasteiger partial charge < -0.3 is 15.0 Å². The molecule has 0 aliphatic heterocycles. The summed E-state index contributed by atoms with van der Waals surface area (Å²) in [5, 5.41) is 13.7.